The number of nitrogens with zero attached hydrogens (tertiary/aromatic N) is 1. The summed E-state index contributed by atoms with van der Waals surface area (Å²) < 4.78 is 10.8. The zero-order valence-electron chi connectivity index (χ0n) is 8.39. The molecule has 1 unspecified atom stereocenters. The Hall–Kier alpha value is -1.26. The molecule has 0 N–H and O–H groups in total. The maximum Gasteiger partial charge on any atom is 0.168 e. The largest absolute Gasteiger partial charge is 0.379 e. The summed E-state index contributed by atoms with van der Waals surface area (Å²) >= 11 is 0. The van der Waals surface area contributed by atoms with Crippen LogP contribution in [-0.4, -0.2) is 30.6 Å². The van der Waals surface area contributed by atoms with Crippen molar-refractivity contribution in [3.63, 3.8) is 0 Å². The molecule has 0 spiro atoms. The van der Waals surface area contributed by atoms with Gasteiger partial charge in [-0.25, -0.2) is 4.98 Å². The Morgan fingerprint density at radius 1 is 1.60 bits per heavy atom. The Labute approximate surface area is 88.2 Å². The topological polar surface area (TPSA) is 48.4 Å². The van der Waals surface area contributed by atoms with Gasteiger partial charge in [0.25, 0.3) is 0 Å². The lowest BCUT2D eigenvalue weighted by Gasteiger charge is -2.08. The Bertz CT molecular complexity index is 334. The van der Waals surface area contributed by atoms with Crippen molar-refractivity contribution in [3.8, 4) is 0 Å². The Morgan fingerprint density at radius 3 is 3.27 bits per heavy atom. The van der Waals surface area contributed by atoms with Crippen molar-refractivity contribution in [1.82, 2.24) is 4.98 Å². The first kappa shape index (κ1) is 10.3. The molecule has 1 aromatic rings. The summed E-state index contributed by atoms with van der Waals surface area (Å²) in [4.78, 5) is 14.6. The number of ether oxygens (including phenoxy) is 2. The predicted octanol–water partition coefficient (Wildman–Crippen LogP) is 1.20. The molecule has 4 nitrogen and oxygen atoms in total. The molecule has 2 heterocycles. The summed E-state index contributed by atoms with van der Waals surface area (Å²) in [6.07, 6.45) is 1.85. The highest BCUT2D eigenvalue weighted by Crippen LogP contribution is 2.10. The van der Waals surface area contributed by atoms with Crippen molar-refractivity contribution in [2.45, 2.75) is 19.1 Å². The molecule has 1 aromatic heterocycles. The van der Waals surface area contributed by atoms with Crippen LogP contribution in [-0.2, 0) is 16.1 Å². The lowest BCUT2D eigenvalue weighted by molar-refractivity contribution is 0.0301. The number of hydrogen-bond acceptors (Lipinski definition) is 4. The molecule has 1 atom stereocenters. The van der Waals surface area contributed by atoms with Crippen molar-refractivity contribution in [2.75, 3.05) is 13.2 Å². The molecule has 0 amide bonds. The summed E-state index contributed by atoms with van der Waals surface area (Å²) in [6.45, 7) is 1.87. The normalized spacial score (nSPS) is 20.4. The number of carbonyl (C=O) groups is 1. The van der Waals surface area contributed by atoms with E-state index in [-0.39, 0.29) is 6.10 Å². The molecule has 1 aliphatic rings. The van der Waals surface area contributed by atoms with Gasteiger partial charge in [0.15, 0.2) is 6.29 Å². The van der Waals surface area contributed by atoms with Crippen molar-refractivity contribution < 1.29 is 14.3 Å². The summed E-state index contributed by atoms with van der Waals surface area (Å²) in [5.74, 6) is 0. The van der Waals surface area contributed by atoms with Crippen LogP contribution >= 0.6 is 0 Å². The molecule has 0 aliphatic carbocycles. The lowest BCUT2D eigenvalue weighted by Crippen LogP contribution is -2.12. The van der Waals surface area contributed by atoms with E-state index in [1.165, 1.54) is 0 Å². The van der Waals surface area contributed by atoms with E-state index in [0.29, 0.717) is 18.9 Å². The molecule has 4 heteroatoms. The van der Waals surface area contributed by atoms with Gasteiger partial charge in [-0.2, -0.15) is 0 Å². The minimum atomic E-state index is 0.173. The van der Waals surface area contributed by atoms with E-state index >= 15 is 0 Å². The van der Waals surface area contributed by atoms with Crippen LogP contribution in [0.5, 0.6) is 0 Å². The fraction of sp³-hybridized carbons (Fsp3) is 0.455. The molecule has 0 radical (unpaired) electrons. The minimum absolute atomic E-state index is 0.173. The molecule has 15 heavy (non-hydrogen) atoms. The molecular formula is C11H13NO3. The average molecular weight is 207 g/mol. The van der Waals surface area contributed by atoms with Crippen LogP contribution in [0.2, 0.25) is 0 Å². The van der Waals surface area contributed by atoms with E-state index in [0.717, 1.165) is 25.0 Å². The molecular weight excluding hydrogens is 194 g/mol. The number of aromatic nitrogens is 1. The zero-order chi connectivity index (χ0) is 10.5. The van der Waals surface area contributed by atoms with Crippen LogP contribution < -0.4 is 0 Å². The first-order valence-electron chi connectivity index (χ1n) is 4.99. The third-order valence-electron chi connectivity index (χ3n) is 2.30. The van der Waals surface area contributed by atoms with Gasteiger partial charge >= 0.3 is 0 Å². The maximum absolute atomic E-state index is 10.5. The highest BCUT2D eigenvalue weighted by molar-refractivity contribution is 5.71. The van der Waals surface area contributed by atoms with Crippen molar-refractivity contribution in [2.24, 2.45) is 0 Å². The van der Waals surface area contributed by atoms with Gasteiger partial charge in [-0.05, 0) is 18.6 Å². The SMILES string of the molecule is O=Cc1cccc(COC2CCOC2)n1. The van der Waals surface area contributed by atoms with Gasteiger partial charge in [0.05, 0.1) is 25.0 Å². The van der Waals surface area contributed by atoms with Gasteiger partial charge < -0.3 is 9.47 Å². The molecule has 0 saturated carbocycles. The summed E-state index contributed by atoms with van der Waals surface area (Å²) in [5.41, 5.74) is 1.23. The standard InChI is InChI=1S/C11H13NO3/c13-6-9-2-1-3-10(12-9)7-15-11-4-5-14-8-11/h1-3,6,11H,4-5,7-8H2. The second-order valence-electron chi connectivity index (χ2n) is 3.47. The predicted molar refractivity (Wildman–Crippen MR) is 53.6 cm³/mol. The van der Waals surface area contributed by atoms with Gasteiger partial charge in [0.1, 0.15) is 5.69 Å². The smallest absolute Gasteiger partial charge is 0.168 e. The Kier molecular flexibility index (Phi) is 3.42. The average Bonchev–Trinajstić information content (AvgIpc) is 2.79. The lowest BCUT2D eigenvalue weighted by atomic mass is 10.3. The van der Waals surface area contributed by atoms with Crippen LogP contribution in [0.3, 0.4) is 0 Å². The summed E-state index contributed by atoms with van der Waals surface area (Å²) in [5, 5.41) is 0. The van der Waals surface area contributed by atoms with Crippen molar-refractivity contribution in [3.05, 3.63) is 29.6 Å². The number of aldehydes is 1. The highest BCUT2D eigenvalue weighted by atomic mass is 16.5. The number of pyridine rings is 1. The molecule has 80 valence electrons. The van der Waals surface area contributed by atoms with Crippen molar-refractivity contribution >= 4 is 6.29 Å². The number of rotatable bonds is 4. The van der Waals surface area contributed by atoms with Crippen LogP contribution in [0, 0.1) is 0 Å². The van der Waals surface area contributed by atoms with E-state index in [9.17, 15) is 4.79 Å². The molecule has 1 saturated heterocycles. The van der Waals surface area contributed by atoms with Gasteiger partial charge in [-0.1, -0.05) is 6.07 Å². The first-order valence-corrected chi connectivity index (χ1v) is 4.99. The van der Waals surface area contributed by atoms with Crippen molar-refractivity contribution in [1.29, 1.82) is 0 Å². The number of hydrogen-bond donors (Lipinski definition) is 0. The van der Waals surface area contributed by atoms with E-state index in [2.05, 4.69) is 4.98 Å². The molecule has 1 aliphatic heterocycles. The third kappa shape index (κ3) is 2.84. The van der Waals surface area contributed by atoms with E-state index < -0.39 is 0 Å². The second-order valence-corrected chi connectivity index (χ2v) is 3.47. The molecule has 2 rings (SSSR count). The fourth-order valence-electron chi connectivity index (χ4n) is 1.49. The van der Waals surface area contributed by atoms with Gasteiger partial charge in [0, 0.05) is 6.61 Å². The highest BCUT2D eigenvalue weighted by Gasteiger charge is 2.15. The summed E-state index contributed by atoms with van der Waals surface area (Å²) in [7, 11) is 0. The zero-order valence-corrected chi connectivity index (χ0v) is 8.39. The van der Waals surface area contributed by atoms with E-state index in [4.69, 9.17) is 9.47 Å². The van der Waals surface area contributed by atoms with Gasteiger partial charge in [-0.15, -0.1) is 0 Å². The maximum atomic E-state index is 10.5. The summed E-state index contributed by atoms with van der Waals surface area (Å²) in [6, 6.07) is 5.33. The van der Waals surface area contributed by atoms with Crippen LogP contribution in [0.1, 0.15) is 22.6 Å². The fourth-order valence-corrected chi connectivity index (χ4v) is 1.49. The quantitative estimate of drug-likeness (QED) is 0.696. The third-order valence-corrected chi connectivity index (χ3v) is 2.30. The second kappa shape index (κ2) is 5.00. The van der Waals surface area contributed by atoms with Crippen LogP contribution in [0.25, 0.3) is 0 Å². The Balaban J connectivity index is 1.89. The monoisotopic (exact) mass is 207 g/mol. The van der Waals surface area contributed by atoms with E-state index in [1.807, 2.05) is 6.07 Å². The first-order chi connectivity index (χ1) is 7.38. The van der Waals surface area contributed by atoms with Gasteiger partial charge in [-0.3, -0.25) is 4.79 Å². The minimum Gasteiger partial charge on any atom is -0.379 e. The molecule has 0 aromatic carbocycles. The van der Waals surface area contributed by atoms with Gasteiger partial charge in [0.2, 0.25) is 0 Å². The molecule has 1 fully saturated rings. The Morgan fingerprint density at radius 2 is 2.53 bits per heavy atom. The van der Waals surface area contributed by atoms with Crippen LogP contribution in [0.4, 0.5) is 0 Å². The molecule has 0 bridgehead atoms. The van der Waals surface area contributed by atoms with Crippen LogP contribution in [0.15, 0.2) is 18.2 Å². The number of carbonyl (C=O) groups excluding carboxylic acids is 1. The van der Waals surface area contributed by atoms with E-state index in [1.54, 1.807) is 12.1 Å².